The topological polar surface area (TPSA) is 106 Å². The molecule has 0 saturated heterocycles. The van der Waals surface area contributed by atoms with Crippen LogP contribution in [0.2, 0.25) is 0 Å². The molecule has 1 aromatic carbocycles. The fourth-order valence-electron chi connectivity index (χ4n) is 2.74. The van der Waals surface area contributed by atoms with E-state index in [4.69, 9.17) is 5.73 Å². The summed E-state index contributed by atoms with van der Waals surface area (Å²) in [4.78, 5) is 4.78. The van der Waals surface area contributed by atoms with E-state index in [9.17, 15) is 9.32 Å². The van der Waals surface area contributed by atoms with Crippen molar-refractivity contribution in [2.24, 2.45) is 5.73 Å². The molecule has 3 aromatic rings. The van der Waals surface area contributed by atoms with Gasteiger partial charge in [-0.2, -0.15) is 0 Å². The summed E-state index contributed by atoms with van der Waals surface area (Å²) >= 11 is 0. The lowest BCUT2D eigenvalue weighted by Gasteiger charge is -2.12. The van der Waals surface area contributed by atoms with Gasteiger partial charge in [-0.25, -0.2) is 9.50 Å². The molecule has 8 heteroatoms. The third-order valence-electron chi connectivity index (χ3n) is 3.76. The number of nitrogens with two attached hydrogens (primary N) is 1. The molecule has 0 radical (unpaired) electrons. The van der Waals surface area contributed by atoms with Gasteiger partial charge < -0.3 is 16.2 Å². The van der Waals surface area contributed by atoms with Crippen LogP contribution in [-0.4, -0.2) is 29.7 Å². The Hall–Kier alpha value is -2.29. The number of nitrogens with zero attached hydrogens (tertiary/aromatic N) is 3. The molecule has 0 aliphatic rings. The van der Waals surface area contributed by atoms with E-state index in [0.717, 1.165) is 16.8 Å². The number of imidazole rings is 1. The molecule has 0 spiro atoms. The molecule has 3 rings (SSSR count). The second-order valence-corrected chi connectivity index (χ2v) is 7.60. The summed E-state index contributed by atoms with van der Waals surface area (Å²) in [5, 5.41) is 17.4. The number of hydrogen-bond acceptors (Lipinski definition) is 6. The fraction of sp³-hybridized carbons (Fsp3) is 0.294. The summed E-state index contributed by atoms with van der Waals surface area (Å²) in [7, 11) is -1.23. The molecule has 0 aliphatic heterocycles. The van der Waals surface area contributed by atoms with E-state index >= 15 is 0 Å². The number of aromatic nitrogens is 3. The van der Waals surface area contributed by atoms with E-state index in [0.29, 0.717) is 27.8 Å². The number of aliphatic hydroxyl groups excluding tert-OH is 1. The van der Waals surface area contributed by atoms with Crippen LogP contribution in [0, 0.1) is 13.8 Å². The molecule has 0 fully saturated rings. The van der Waals surface area contributed by atoms with Crippen molar-refractivity contribution in [1.82, 2.24) is 14.6 Å². The minimum atomic E-state index is -1.23. The zero-order chi connectivity index (χ0) is 18.1. The van der Waals surface area contributed by atoms with E-state index in [1.54, 1.807) is 6.07 Å². The van der Waals surface area contributed by atoms with Gasteiger partial charge in [0.05, 0.1) is 21.9 Å². The lowest BCUT2D eigenvalue weighted by atomic mass is 10.1. The summed E-state index contributed by atoms with van der Waals surface area (Å²) < 4.78 is 13.9. The number of benzene rings is 1. The van der Waals surface area contributed by atoms with Crippen molar-refractivity contribution in [1.29, 1.82) is 0 Å². The molecule has 0 saturated carbocycles. The standard InChI is InChI=1S/C17H21N5O2S/c1-4-25(24)14-8-15(20-12-6-10(2)5-11(3)7-12)21-22-13(16(18)23)9-19-17(14)22/h5-9,16,23H,4,18H2,1-3H3,(H,20,21). The van der Waals surface area contributed by atoms with E-state index in [-0.39, 0.29) is 0 Å². The molecule has 2 heterocycles. The van der Waals surface area contributed by atoms with E-state index in [1.807, 2.05) is 32.9 Å². The first-order chi connectivity index (χ1) is 11.9. The highest BCUT2D eigenvalue weighted by molar-refractivity contribution is 7.85. The maximum atomic E-state index is 12.4. The molecule has 2 aromatic heterocycles. The van der Waals surface area contributed by atoms with Gasteiger partial charge in [0, 0.05) is 17.5 Å². The predicted molar refractivity (Wildman–Crippen MR) is 98.3 cm³/mol. The van der Waals surface area contributed by atoms with Crippen LogP contribution in [0.5, 0.6) is 0 Å². The molecular formula is C17H21N5O2S. The minimum Gasteiger partial charge on any atom is -0.373 e. The van der Waals surface area contributed by atoms with Crippen molar-refractivity contribution >= 4 is 28.0 Å². The normalized spacial score (nSPS) is 13.8. The number of nitrogens with one attached hydrogen (secondary N) is 1. The van der Waals surface area contributed by atoms with Gasteiger partial charge >= 0.3 is 0 Å². The van der Waals surface area contributed by atoms with Crippen molar-refractivity contribution in [2.45, 2.75) is 31.9 Å². The van der Waals surface area contributed by atoms with Gasteiger partial charge in [-0.1, -0.05) is 13.0 Å². The second kappa shape index (κ2) is 6.91. The third kappa shape index (κ3) is 3.55. The third-order valence-corrected chi connectivity index (χ3v) is 5.08. The molecular weight excluding hydrogens is 338 g/mol. The Morgan fingerprint density at radius 2 is 1.96 bits per heavy atom. The summed E-state index contributed by atoms with van der Waals surface area (Å²) in [5.41, 5.74) is 9.50. The number of aryl methyl sites for hydroxylation is 2. The lowest BCUT2D eigenvalue weighted by Crippen LogP contribution is -2.14. The van der Waals surface area contributed by atoms with Gasteiger partial charge in [0.1, 0.15) is 11.9 Å². The molecule has 7 nitrogen and oxygen atoms in total. The number of rotatable bonds is 5. The van der Waals surface area contributed by atoms with Crippen LogP contribution in [0.3, 0.4) is 0 Å². The van der Waals surface area contributed by atoms with Crippen molar-refractivity contribution in [2.75, 3.05) is 11.1 Å². The molecule has 0 aliphatic carbocycles. The summed E-state index contributed by atoms with van der Waals surface area (Å²) in [6.45, 7) is 5.88. The Labute approximate surface area is 148 Å². The maximum Gasteiger partial charge on any atom is 0.170 e. The molecule has 0 bridgehead atoms. The summed E-state index contributed by atoms with van der Waals surface area (Å²) in [6, 6.07) is 7.81. The first-order valence-electron chi connectivity index (χ1n) is 7.95. The number of hydrogen-bond donors (Lipinski definition) is 3. The van der Waals surface area contributed by atoms with Crippen molar-refractivity contribution in [3.05, 3.63) is 47.3 Å². The van der Waals surface area contributed by atoms with Crippen molar-refractivity contribution in [3.63, 3.8) is 0 Å². The van der Waals surface area contributed by atoms with Gasteiger partial charge in [0.2, 0.25) is 0 Å². The molecule has 0 amide bonds. The highest BCUT2D eigenvalue weighted by Gasteiger charge is 2.17. The Morgan fingerprint density at radius 1 is 1.28 bits per heavy atom. The first-order valence-corrected chi connectivity index (χ1v) is 9.27. The van der Waals surface area contributed by atoms with Gasteiger partial charge in [-0.3, -0.25) is 4.21 Å². The highest BCUT2D eigenvalue weighted by atomic mass is 32.2. The second-order valence-electron chi connectivity index (χ2n) is 5.89. The molecule has 2 unspecified atom stereocenters. The van der Waals surface area contributed by atoms with E-state index in [2.05, 4.69) is 21.5 Å². The SMILES string of the molecule is CCS(=O)c1cc(Nc2cc(C)cc(C)c2)nn2c(C(N)O)cnc12. The van der Waals surface area contributed by atoms with Crippen LogP contribution in [-0.2, 0) is 10.8 Å². The van der Waals surface area contributed by atoms with E-state index < -0.39 is 17.0 Å². The van der Waals surface area contributed by atoms with E-state index in [1.165, 1.54) is 10.7 Å². The molecule has 25 heavy (non-hydrogen) atoms. The highest BCUT2D eigenvalue weighted by Crippen LogP contribution is 2.24. The smallest absolute Gasteiger partial charge is 0.170 e. The van der Waals surface area contributed by atoms with Gasteiger partial charge in [0.15, 0.2) is 11.5 Å². The summed E-state index contributed by atoms with van der Waals surface area (Å²) in [6.07, 6.45) is 0.228. The average Bonchev–Trinajstić information content (AvgIpc) is 2.96. The van der Waals surface area contributed by atoms with Crippen molar-refractivity contribution in [3.8, 4) is 0 Å². The van der Waals surface area contributed by atoms with Gasteiger partial charge in [-0.05, 0) is 37.1 Å². The number of aliphatic hydroxyl groups is 1. The van der Waals surface area contributed by atoms with Crippen LogP contribution < -0.4 is 11.1 Å². The Morgan fingerprint density at radius 3 is 2.56 bits per heavy atom. The van der Waals surface area contributed by atoms with Crippen LogP contribution in [0.25, 0.3) is 5.65 Å². The minimum absolute atomic E-state index is 0.341. The fourth-order valence-corrected chi connectivity index (χ4v) is 3.63. The summed E-state index contributed by atoms with van der Waals surface area (Å²) in [5.74, 6) is 0.963. The Kier molecular flexibility index (Phi) is 4.85. The van der Waals surface area contributed by atoms with Gasteiger partial charge in [0.25, 0.3) is 0 Å². The number of anilines is 2. The Bertz CT molecular complexity index is 931. The zero-order valence-electron chi connectivity index (χ0n) is 14.4. The quantitative estimate of drug-likeness (QED) is 0.603. The van der Waals surface area contributed by atoms with Crippen LogP contribution >= 0.6 is 0 Å². The Balaban J connectivity index is 2.14. The first kappa shape index (κ1) is 17.5. The van der Waals surface area contributed by atoms with Crippen molar-refractivity contribution < 1.29 is 9.32 Å². The van der Waals surface area contributed by atoms with Crippen LogP contribution in [0.4, 0.5) is 11.5 Å². The largest absolute Gasteiger partial charge is 0.373 e. The predicted octanol–water partition coefficient (Wildman–Crippen LogP) is 2.17. The molecule has 4 N–H and O–H groups in total. The lowest BCUT2D eigenvalue weighted by molar-refractivity contribution is 0.179. The average molecular weight is 359 g/mol. The monoisotopic (exact) mass is 359 g/mol. The maximum absolute atomic E-state index is 12.4. The van der Waals surface area contributed by atoms with Crippen LogP contribution in [0.1, 0.15) is 30.0 Å². The molecule has 132 valence electrons. The number of fused-ring (bicyclic) bond motifs is 1. The molecule has 2 atom stereocenters. The van der Waals surface area contributed by atoms with Gasteiger partial charge in [-0.15, -0.1) is 5.10 Å². The van der Waals surface area contributed by atoms with Crippen LogP contribution in [0.15, 0.2) is 35.4 Å². The zero-order valence-corrected chi connectivity index (χ0v) is 15.2.